The van der Waals surface area contributed by atoms with Gasteiger partial charge in [0.25, 0.3) is 5.91 Å². The Morgan fingerprint density at radius 2 is 1.46 bits per heavy atom. The lowest BCUT2D eigenvalue weighted by molar-refractivity contribution is 0.0926. The zero-order valence-electron chi connectivity index (χ0n) is 20.4. The number of carbonyl (C=O) groups is 1. The fourth-order valence-electron chi connectivity index (χ4n) is 3.86. The number of methoxy groups -OCH3 is 1. The topological polar surface area (TPSA) is 86.8 Å². The number of amides is 1. The molecule has 1 heterocycles. The molecule has 8 heteroatoms. The highest BCUT2D eigenvalue weighted by atomic mass is 31.2. The van der Waals surface area contributed by atoms with E-state index >= 15 is 0 Å². The lowest BCUT2D eigenvalue weighted by Crippen LogP contribution is -2.44. The number of rotatable bonds is 13. The number of para-hydroxylation sites is 2. The Bertz CT molecular complexity index is 1070. The van der Waals surface area contributed by atoms with Gasteiger partial charge in [-0.25, -0.2) is 4.57 Å². The third kappa shape index (κ3) is 7.33. The second-order valence-corrected chi connectivity index (χ2v) is 10.3. The minimum Gasteiger partial charge on any atom is -0.497 e. The molecule has 0 fully saturated rings. The molecule has 186 valence electrons. The first-order chi connectivity index (χ1) is 17.0. The van der Waals surface area contributed by atoms with E-state index in [1.165, 1.54) is 13.3 Å². The molecule has 0 aliphatic heterocycles. The van der Waals surface area contributed by atoms with Gasteiger partial charge in [0.15, 0.2) is 0 Å². The zero-order chi connectivity index (χ0) is 25.1. The Hall–Kier alpha value is -3.31. The maximum absolute atomic E-state index is 14.5. The van der Waals surface area contributed by atoms with E-state index in [0.717, 1.165) is 12.8 Å². The summed E-state index contributed by atoms with van der Waals surface area (Å²) in [6.07, 6.45) is 4.16. The average Bonchev–Trinajstić information content (AvgIpc) is 2.88. The van der Waals surface area contributed by atoms with Crippen molar-refractivity contribution in [2.75, 3.05) is 7.11 Å². The first-order valence-electron chi connectivity index (χ1n) is 11.9. The number of nitrogens with zero attached hydrogens (tertiary/aromatic N) is 1. The highest BCUT2D eigenvalue weighted by Crippen LogP contribution is 2.55. The molecule has 1 N–H and O–H groups in total. The van der Waals surface area contributed by atoms with Crippen LogP contribution in [0.1, 0.15) is 50.0 Å². The van der Waals surface area contributed by atoms with Crippen molar-refractivity contribution in [1.82, 2.24) is 10.3 Å². The summed E-state index contributed by atoms with van der Waals surface area (Å²) in [7, 11) is -2.26. The Morgan fingerprint density at radius 1 is 0.886 bits per heavy atom. The van der Waals surface area contributed by atoms with Gasteiger partial charge in [0.2, 0.25) is 0 Å². The second kappa shape index (κ2) is 13.0. The van der Waals surface area contributed by atoms with E-state index in [1.807, 2.05) is 50.2 Å². The van der Waals surface area contributed by atoms with Gasteiger partial charge in [-0.1, -0.05) is 63.1 Å². The molecule has 0 aliphatic rings. The third-order valence-electron chi connectivity index (χ3n) is 5.52. The molecule has 3 aromatic rings. The minimum atomic E-state index is -3.80. The van der Waals surface area contributed by atoms with Crippen molar-refractivity contribution >= 4 is 13.5 Å². The van der Waals surface area contributed by atoms with Crippen LogP contribution >= 0.6 is 7.60 Å². The number of benzene rings is 2. The van der Waals surface area contributed by atoms with E-state index in [0.29, 0.717) is 30.1 Å². The van der Waals surface area contributed by atoms with Crippen molar-refractivity contribution in [3.8, 4) is 17.2 Å². The van der Waals surface area contributed by atoms with Crippen molar-refractivity contribution < 1.29 is 23.1 Å². The van der Waals surface area contributed by atoms with E-state index in [9.17, 15) is 9.36 Å². The molecule has 2 aromatic carbocycles. The summed E-state index contributed by atoms with van der Waals surface area (Å²) in [6, 6.07) is 20.8. The minimum absolute atomic E-state index is 0.225. The molecule has 35 heavy (non-hydrogen) atoms. The van der Waals surface area contributed by atoms with Gasteiger partial charge >= 0.3 is 7.60 Å². The number of hydrogen-bond acceptors (Lipinski definition) is 6. The number of hydrogen-bond donors (Lipinski definition) is 1. The molecular weight excluding hydrogens is 463 g/mol. The van der Waals surface area contributed by atoms with Crippen LogP contribution in [-0.2, 0) is 4.57 Å². The van der Waals surface area contributed by atoms with Crippen molar-refractivity contribution in [3.63, 3.8) is 0 Å². The van der Waals surface area contributed by atoms with Gasteiger partial charge in [-0.2, -0.15) is 0 Å². The van der Waals surface area contributed by atoms with Crippen LogP contribution in [0.25, 0.3) is 0 Å². The van der Waals surface area contributed by atoms with Crippen LogP contribution in [0.15, 0.2) is 79.0 Å². The van der Waals surface area contributed by atoms with Crippen molar-refractivity contribution in [2.24, 2.45) is 0 Å². The van der Waals surface area contributed by atoms with Crippen LogP contribution < -0.4 is 19.1 Å². The number of aromatic nitrogens is 1. The Kier molecular flexibility index (Phi) is 9.74. The standard InChI is InChI=1S/C27H33N2O5P/c1-4-12-24(29-27(30)25-20-23(32-3)18-19-28-25)26(13-5-2)35(31,33-21-14-8-6-9-15-21)34-22-16-10-7-11-17-22/h6-11,14-20,24,26H,4-5,12-13H2,1-3H3,(H,29,30). The summed E-state index contributed by atoms with van der Waals surface area (Å²) >= 11 is 0. The molecule has 2 unspecified atom stereocenters. The van der Waals surface area contributed by atoms with E-state index in [1.54, 1.807) is 36.4 Å². The smallest absolute Gasteiger partial charge is 0.435 e. The summed E-state index contributed by atoms with van der Waals surface area (Å²) in [5.74, 6) is 1.06. The van der Waals surface area contributed by atoms with Gasteiger partial charge in [0, 0.05) is 18.3 Å². The highest BCUT2D eigenvalue weighted by Gasteiger charge is 2.44. The first-order valence-corrected chi connectivity index (χ1v) is 13.5. The van der Waals surface area contributed by atoms with Crippen LogP contribution in [0.3, 0.4) is 0 Å². The Labute approximate surface area is 207 Å². The molecule has 7 nitrogen and oxygen atoms in total. The van der Waals surface area contributed by atoms with Crippen molar-refractivity contribution in [1.29, 1.82) is 0 Å². The Morgan fingerprint density at radius 3 is 1.97 bits per heavy atom. The Balaban J connectivity index is 1.97. The van der Waals surface area contributed by atoms with Crippen molar-refractivity contribution in [2.45, 2.75) is 51.2 Å². The highest BCUT2D eigenvalue weighted by molar-refractivity contribution is 7.55. The maximum atomic E-state index is 14.5. The molecule has 1 aromatic heterocycles. The lowest BCUT2D eigenvalue weighted by atomic mass is 10.0. The zero-order valence-corrected chi connectivity index (χ0v) is 21.3. The number of nitrogens with one attached hydrogen (secondary N) is 1. The summed E-state index contributed by atoms with van der Waals surface area (Å²) in [5, 5.41) is 3.06. The third-order valence-corrected chi connectivity index (χ3v) is 7.88. The summed E-state index contributed by atoms with van der Waals surface area (Å²) < 4.78 is 32.0. The normalized spacial score (nSPS) is 12.9. The van der Waals surface area contributed by atoms with Crippen LogP contribution in [0, 0.1) is 0 Å². The number of ether oxygens (including phenoxy) is 1. The predicted octanol–water partition coefficient (Wildman–Crippen LogP) is 6.51. The van der Waals surface area contributed by atoms with Crippen LogP contribution in [-0.4, -0.2) is 29.7 Å². The predicted molar refractivity (Wildman–Crippen MR) is 137 cm³/mol. The average molecular weight is 497 g/mol. The largest absolute Gasteiger partial charge is 0.497 e. The van der Waals surface area contributed by atoms with E-state index in [4.69, 9.17) is 13.8 Å². The van der Waals surface area contributed by atoms with E-state index < -0.39 is 19.3 Å². The summed E-state index contributed by atoms with van der Waals surface area (Å²) in [4.78, 5) is 17.3. The quantitative estimate of drug-likeness (QED) is 0.272. The molecule has 0 spiro atoms. The lowest BCUT2D eigenvalue weighted by Gasteiger charge is -2.33. The number of pyridine rings is 1. The van der Waals surface area contributed by atoms with Gasteiger partial charge in [0.1, 0.15) is 28.6 Å². The molecule has 0 saturated heterocycles. The van der Waals surface area contributed by atoms with Crippen molar-refractivity contribution in [3.05, 3.63) is 84.7 Å². The molecule has 3 rings (SSSR count). The molecule has 0 aliphatic carbocycles. The summed E-state index contributed by atoms with van der Waals surface area (Å²) in [6.45, 7) is 4.03. The van der Waals surface area contributed by atoms with Gasteiger partial charge in [-0.05, 0) is 43.2 Å². The molecule has 2 atom stereocenters. The number of carbonyl (C=O) groups excluding carboxylic acids is 1. The van der Waals surface area contributed by atoms with Gasteiger partial charge in [-0.15, -0.1) is 0 Å². The van der Waals surface area contributed by atoms with Crippen LogP contribution in [0.5, 0.6) is 17.2 Å². The van der Waals surface area contributed by atoms with Gasteiger partial charge in [0.05, 0.1) is 7.11 Å². The SMILES string of the molecule is CCCC(NC(=O)c1cc(OC)ccn1)C(CCC)P(=O)(Oc1ccccc1)Oc1ccccc1. The monoisotopic (exact) mass is 496 g/mol. The van der Waals surface area contributed by atoms with Gasteiger partial charge in [-0.3, -0.25) is 9.78 Å². The second-order valence-electron chi connectivity index (χ2n) is 8.15. The van der Waals surface area contributed by atoms with E-state index in [-0.39, 0.29) is 11.6 Å². The fraction of sp³-hybridized carbons (Fsp3) is 0.333. The molecule has 0 bridgehead atoms. The molecular formula is C27H33N2O5P. The summed E-state index contributed by atoms with van der Waals surface area (Å²) in [5.41, 5.74) is -0.356. The molecule has 0 radical (unpaired) electrons. The molecule has 0 saturated carbocycles. The van der Waals surface area contributed by atoms with Crippen LogP contribution in [0.2, 0.25) is 0 Å². The van der Waals surface area contributed by atoms with E-state index in [2.05, 4.69) is 10.3 Å². The maximum Gasteiger partial charge on any atom is 0.435 e. The fourth-order valence-corrected chi connectivity index (χ4v) is 6.24. The molecule has 1 amide bonds. The van der Waals surface area contributed by atoms with Crippen LogP contribution in [0.4, 0.5) is 0 Å². The van der Waals surface area contributed by atoms with Gasteiger partial charge < -0.3 is 19.1 Å². The first kappa shape index (κ1) is 26.3.